The number of carbonyl (C=O) groups is 1. The lowest BCUT2D eigenvalue weighted by molar-refractivity contribution is 0.102. The van der Waals surface area contributed by atoms with E-state index in [9.17, 15) is 4.79 Å². The second kappa shape index (κ2) is 6.54. The van der Waals surface area contributed by atoms with Gasteiger partial charge in [0.1, 0.15) is 11.5 Å². The van der Waals surface area contributed by atoms with Gasteiger partial charge in [-0.1, -0.05) is 29.3 Å². The van der Waals surface area contributed by atoms with Crippen LogP contribution in [-0.4, -0.2) is 22.4 Å². The molecule has 0 spiro atoms. The SMILES string of the molecule is CCNc1cncc(C(=O)Nc2cccc(Cl)c2Cl)n1. The molecule has 0 aliphatic heterocycles. The summed E-state index contributed by atoms with van der Waals surface area (Å²) in [4.78, 5) is 20.2. The van der Waals surface area contributed by atoms with Crippen LogP contribution in [0.3, 0.4) is 0 Å². The van der Waals surface area contributed by atoms with Crippen LogP contribution in [0.2, 0.25) is 10.0 Å². The lowest BCUT2D eigenvalue weighted by Crippen LogP contribution is -2.15. The molecule has 0 atom stereocenters. The van der Waals surface area contributed by atoms with Crippen LogP contribution in [-0.2, 0) is 0 Å². The van der Waals surface area contributed by atoms with Gasteiger partial charge < -0.3 is 10.6 Å². The third-order valence-electron chi connectivity index (χ3n) is 2.42. The largest absolute Gasteiger partial charge is 0.369 e. The van der Waals surface area contributed by atoms with Crippen LogP contribution in [0, 0.1) is 0 Å². The van der Waals surface area contributed by atoms with Crippen LogP contribution in [0.4, 0.5) is 11.5 Å². The van der Waals surface area contributed by atoms with Crippen molar-refractivity contribution in [1.82, 2.24) is 9.97 Å². The molecule has 1 heterocycles. The van der Waals surface area contributed by atoms with E-state index in [0.29, 0.717) is 28.1 Å². The highest BCUT2D eigenvalue weighted by Gasteiger charge is 2.12. The van der Waals surface area contributed by atoms with Crippen molar-refractivity contribution >= 4 is 40.6 Å². The summed E-state index contributed by atoms with van der Waals surface area (Å²) in [6.45, 7) is 2.63. The Labute approximate surface area is 126 Å². The Morgan fingerprint density at radius 1 is 1.30 bits per heavy atom. The molecule has 0 saturated heterocycles. The lowest BCUT2D eigenvalue weighted by atomic mass is 10.3. The number of amides is 1. The van der Waals surface area contributed by atoms with E-state index in [2.05, 4.69) is 20.6 Å². The molecule has 0 bridgehead atoms. The minimum atomic E-state index is -0.401. The molecular formula is C13H12Cl2N4O. The molecule has 2 aromatic rings. The van der Waals surface area contributed by atoms with Gasteiger partial charge in [0.15, 0.2) is 0 Å². The Morgan fingerprint density at radius 2 is 2.10 bits per heavy atom. The van der Waals surface area contributed by atoms with Gasteiger partial charge in [-0.15, -0.1) is 0 Å². The first kappa shape index (κ1) is 14.6. The van der Waals surface area contributed by atoms with Crippen molar-refractivity contribution in [3.05, 3.63) is 46.3 Å². The average molecular weight is 311 g/mol. The van der Waals surface area contributed by atoms with Crippen molar-refractivity contribution in [2.45, 2.75) is 6.92 Å². The topological polar surface area (TPSA) is 66.9 Å². The Morgan fingerprint density at radius 3 is 2.85 bits per heavy atom. The summed E-state index contributed by atoms with van der Waals surface area (Å²) >= 11 is 11.9. The molecule has 0 fully saturated rings. The summed E-state index contributed by atoms with van der Waals surface area (Å²) in [5.74, 6) is 0.138. The average Bonchev–Trinajstić information content (AvgIpc) is 2.44. The van der Waals surface area contributed by atoms with Gasteiger partial charge in [-0.2, -0.15) is 0 Å². The summed E-state index contributed by atoms with van der Waals surface area (Å²) in [7, 11) is 0. The zero-order valence-corrected chi connectivity index (χ0v) is 12.2. The number of rotatable bonds is 4. The van der Waals surface area contributed by atoms with Crippen molar-refractivity contribution in [2.75, 3.05) is 17.2 Å². The Kier molecular flexibility index (Phi) is 4.76. The molecule has 20 heavy (non-hydrogen) atoms. The number of halogens is 2. The van der Waals surface area contributed by atoms with Crippen LogP contribution in [0.5, 0.6) is 0 Å². The summed E-state index contributed by atoms with van der Waals surface area (Å²) in [5.41, 5.74) is 0.624. The minimum absolute atomic E-state index is 0.194. The third kappa shape index (κ3) is 3.37. The van der Waals surface area contributed by atoms with Gasteiger partial charge in [0.25, 0.3) is 5.91 Å². The first-order chi connectivity index (χ1) is 9.61. The second-order valence-corrected chi connectivity index (χ2v) is 4.66. The number of anilines is 2. The molecule has 2 rings (SSSR count). The number of nitrogens with zero attached hydrogens (tertiary/aromatic N) is 2. The predicted molar refractivity (Wildman–Crippen MR) is 80.6 cm³/mol. The summed E-state index contributed by atoms with van der Waals surface area (Å²) < 4.78 is 0. The minimum Gasteiger partial charge on any atom is -0.369 e. The van der Waals surface area contributed by atoms with Gasteiger partial charge in [-0.3, -0.25) is 9.78 Å². The zero-order chi connectivity index (χ0) is 14.5. The van der Waals surface area contributed by atoms with Crippen molar-refractivity contribution in [3.8, 4) is 0 Å². The fourth-order valence-corrected chi connectivity index (χ4v) is 1.88. The molecule has 104 valence electrons. The first-order valence-electron chi connectivity index (χ1n) is 5.93. The maximum Gasteiger partial charge on any atom is 0.275 e. The Hall–Kier alpha value is -1.85. The van der Waals surface area contributed by atoms with E-state index in [0.717, 1.165) is 0 Å². The van der Waals surface area contributed by atoms with Crippen molar-refractivity contribution < 1.29 is 4.79 Å². The normalized spacial score (nSPS) is 10.2. The smallest absolute Gasteiger partial charge is 0.275 e. The molecule has 1 amide bonds. The second-order valence-electron chi connectivity index (χ2n) is 3.88. The van der Waals surface area contributed by atoms with Gasteiger partial charge in [0.05, 0.1) is 28.1 Å². The van der Waals surface area contributed by atoms with Gasteiger partial charge in [-0.25, -0.2) is 4.98 Å². The Balaban J connectivity index is 2.19. The van der Waals surface area contributed by atoms with Gasteiger partial charge in [-0.05, 0) is 19.1 Å². The predicted octanol–water partition coefficient (Wildman–Crippen LogP) is 3.47. The standard InChI is InChI=1S/C13H12Cl2N4O/c1-2-17-11-7-16-6-10(18-11)13(20)19-9-5-3-4-8(14)12(9)15/h3-7H,2H2,1H3,(H,17,18)(H,19,20). The fourth-order valence-electron chi connectivity index (χ4n) is 1.53. The first-order valence-corrected chi connectivity index (χ1v) is 6.68. The molecule has 0 aliphatic carbocycles. The molecule has 0 radical (unpaired) electrons. The van der Waals surface area contributed by atoms with Crippen molar-refractivity contribution in [2.24, 2.45) is 0 Å². The van der Waals surface area contributed by atoms with Crippen LogP contribution in [0.15, 0.2) is 30.6 Å². The monoisotopic (exact) mass is 310 g/mol. The summed E-state index contributed by atoms with van der Waals surface area (Å²) in [6, 6.07) is 5.00. The fraction of sp³-hybridized carbons (Fsp3) is 0.154. The van der Waals surface area contributed by atoms with Crippen LogP contribution < -0.4 is 10.6 Å². The number of benzene rings is 1. The number of aromatic nitrogens is 2. The van der Waals surface area contributed by atoms with Gasteiger partial charge in [0.2, 0.25) is 0 Å². The van der Waals surface area contributed by atoms with E-state index in [1.165, 1.54) is 6.20 Å². The van der Waals surface area contributed by atoms with Gasteiger partial charge >= 0.3 is 0 Å². The highest BCUT2D eigenvalue weighted by atomic mass is 35.5. The molecular weight excluding hydrogens is 299 g/mol. The highest BCUT2D eigenvalue weighted by Crippen LogP contribution is 2.29. The van der Waals surface area contributed by atoms with E-state index in [1.54, 1.807) is 24.4 Å². The van der Waals surface area contributed by atoms with E-state index >= 15 is 0 Å². The quantitative estimate of drug-likeness (QED) is 0.907. The molecule has 1 aromatic carbocycles. The summed E-state index contributed by atoms with van der Waals surface area (Å²) in [6.07, 6.45) is 2.93. The number of nitrogens with one attached hydrogen (secondary N) is 2. The number of carbonyl (C=O) groups excluding carboxylic acids is 1. The lowest BCUT2D eigenvalue weighted by Gasteiger charge is -2.08. The Bertz CT molecular complexity index is 634. The van der Waals surface area contributed by atoms with Crippen molar-refractivity contribution in [1.29, 1.82) is 0 Å². The highest BCUT2D eigenvalue weighted by molar-refractivity contribution is 6.44. The third-order valence-corrected chi connectivity index (χ3v) is 3.24. The molecule has 0 aliphatic rings. The van der Waals surface area contributed by atoms with Crippen LogP contribution >= 0.6 is 23.2 Å². The molecule has 2 N–H and O–H groups in total. The molecule has 0 saturated carbocycles. The van der Waals surface area contributed by atoms with Gasteiger partial charge in [0, 0.05) is 6.54 Å². The zero-order valence-electron chi connectivity index (χ0n) is 10.7. The molecule has 0 unspecified atom stereocenters. The van der Waals surface area contributed by atoms with E-state index in [-0.39, 0.29) is 5.69 Å². The number of hydrogen-bond acceptors (Lipinski definition) is 4. The molecule has 5 nitrogen and oxygen atoms in total. The maximum atomic E-state index is 12.1. The van der Waals surface area contributed by atoms with Crippen LogP contribution in [0.25, 0.3) is 0 Å². The van der Waals surface area contributed by atoms with Crippen molar-refractivity contribution in [3.63, 3.8) is 0 Å². The summed E-state index contributed by atoms with van der Waals surface area (Å²) in [5, 5.41) is 6.30. The van der Waals surface area contributed by atoms with Crippen LogP contribution in [0.1, 0.15) is 17.4 Å². The van der Waals surface area contributed by atoms with E-state index in [1.807, 2.05) is 6.92 Å². The molecule has 1 aromatic heterocycles. The molecule has 7 heteroatoms. The van der Waals surface area contributed by atoms with E-state index in [4.69, 9.17) is 23.2 Å². The maximum absolute atomic E-state index is 12.1. The number of hydrogen-bond donors (Lipinski definition) is 2. The van der Waals surface area contributed by atoms with E-state index < -0.39 is 5.91 Å².